The number of hydrogen-bond donors (Lipinski definition) is 2. The SMILES string of the molecule is Nc1ccc(Nc2ccc3ccccc3c2[N+](=O)[O-])cc1. The number of nitro groups is 1. The van der Waals surface area contributed by atoms with Crippen LogP contribution in [0.3, 0.4) is 0 Å². The monoisotopic (exact) mass is 279 g/mol. The lowest BCUT2D eigenvalue weighted by atomic mass is 10.1. The summed E-state index contributed by atoms with van der Waals surface area (Å²) in [6.07, 6.45) is 0. The Labute approximate surface area is 121 Å². The minimum atomic E-state index is -0.359. The van der Waals surface area contributed by atoms with Crippen LogP contribution in [-0.4, -0.2) is 4.92 Å². The van der Waals surface area contributed by atoms with E-state index in [1.165, 1.54) is 0 Å². The molecule has 0 atom stereocenters. The van der Waals surface area contributed by atoms with E-state index in [1.54, 1.807) is 42.5 Å². The van der Waals surface area contributed by atoms with Crippen molar-refractivity contribution in [2.75, 3.05) is 11.1 Å². The minimum absolute atomic E-state index is 0.0740. The van der Waals surface area contributed by atoms with E-state index in [0.717, 1.165) is 11.1 Å². The minimum Gasteiger partial charge on any atom is -0.399 e. The molecule has 3 aromatic carbocycles. The molecule has 0 aromatic heterocycles. The van der Waals surface area contributed by atoms with E-state index in [1.807, 2.05) is 18.2 Å². The average molecular weight is 279 g/mol. The number of rotatable bonds is 3. The van der Waals surface area contributed by atoms with Crippen LogP contribution in [0.15, 0.2) is 60.7 Å². The molecule has 0 spiro atoms. The summed E-state index contributed by atoms with van der Waals surface area (Å²) in [7, 11) is 0. The van der Waals surface area contributed by atoms with E-state index in [2.05, 4.69) is 5.32 Å². The standard InChI is InChI=1S/C16H13N3O2/c17-12-6-8-13(9-7-12)18-15-10-5-11-3-1-2-4-14(11)16(15)19(20)21/h1-10,18H,17H2. The molecule has 0 aliphatic heterocycles. The Kier molecular flexibility index (Phi) is 3.16. The van der Waals surface area contributed by atoms with E-state index in [9.17, 15) is 10.1 Å². The van der Waals surface area contributed by atoms with Gasteiger partial charge in [-0.2, -0.15) is 0 Å². The van der Waals surface area contributed by atoms with Gasteiger partial charge >= 0.3 is 0 Å². The second kappa shape index (κ2) is 5.13. The highest BCUT2D eigenvalue weighted by Gasteiger charge is 2.18. The molecule has 0 saturated carbocycles. The summed E-state index contributed by atoms with van der Waals surface area (Å²) in [6.45, 7) is 0. The lowest BCUT2D eigenvalue weighted by Crippen LogP contribution is -1.98. The molecule has 3 N–H and O–H groups in total. The van der Waals surface area contributed by atoms with E-state index < -0.39 is 0 Å². The van der Waals surface area contributed by atoms with Gasteiger partial charge in [-0.15, -0.1) is 0 Å². The van der Waals surface area contributed by atoms with Crippen molar-refractivity contribution in [1.29, 1.82) is 0 Å². The Hall–Kier alpha value is -3.08. The molecular formula is C16H13N3O2. The highest BCUT2D eigenvalue weighted by Crippen LogP contribution is 2.35. The topological polar surface area (TPSA) is 81.2 Å². The summed E-state index contributed by atoms with van der Waals surface area (Å²) in [4.78, 5) is 11.1. The van der Waals surface area contributed by atoms with Gasteiger partial charge in [-0.05, 0) is 41.8 Å². The molecule has 0 aliphatic carbocycles. The Morgan fingerprint density at radius 3 is 2.38 bits per heavy atom. The normalized spacial score (nSPS) is 10.5. The molecule has 0 bridgehead atoms. The van der Waals surface area contributed by atoms with Crippen molar-refractivity contribution >= 4 is 33.5 Å². The van der Waals surface area contributed by atoms with Crippen molar-refractivity contribution in [2.45, 2.75) is 0 Å². The first-order valence-electron chi connectivity index (χ1n) is 6.44. The molecule has 5 nitrogen and oxygen atoms in total. The molecule has 0 amide bonds. The molecule has 3 rings (SSSR count). The van der Waals surface area contributed by atoms with Crippen LogP contribution in [-0.2, 0) is 0 Å². The number of nitrogens with two attached hydrogens (primary N) is 1. The molecule has 0 unspecified atom stereocenters. The average Bonchev–Trinajstić information content (AvgIpc) is 2.49. The van der Waals surface area contributed by atoms with Crippen LogP contribution in [0.2, 0.25) is 0 Å². The van der Waals surface area contributed by atoms with Gasteiger partial charge in [0.2, 0.25) is 0 Å². The number of fused-ring (bicyclic) bond motifs is 1. The summed E-state index contributed by atoms with van der Waals surface area (Å²) in [5.41, 5.74) is 7.57. The second-order valence-corrected chi connectivity index (χ2v) is 4.69. The predicted octanol–water partition coefficient (Wildman–Crippen LogP) is 4.07. The third-order valence-electron chi connectivity index (χ3n) is 3.27. The molecule has 5 heteroatoms. The van der Waals surface area contributed by atoms with Crippen LogP contribution in [0.25, 0.3) is 10.8 Å². The molecule has 21 heavy (non-hydrogen) atoms. The maximum absolute atomic E-state index is 11.4. The van der Waals surface area contributed by atoms with Gasteiger partial charge in [-0.25, -0.2) is 0 Å². The van der Waals surface area contributed by atoms with Crippen molar-refractivity contribution in [2.24, 2.45) is 0 Å². The summed E-state index contributed by atoms with van der Waals surface area (Å²) < 4.78 is 0. The maximum atomic E-state index is 11.4. The van der Waals surface area contributed by atoms with E-state index in [-0.39, 0.29) is 10.6 Å². The van der Waals surface area contributed by atoms with Gasteiger partial charge < -0.3 is 11.1 Å². The van der Waals surface area contributed by atoms with Crippen molar-refractivity contribution in [1.82, 2.24) is 0 Å². The summed E-state index contributed by atoms with van der Waals surface area (Å²) >= 11 is 0. The number of benzene rings is 3. The van der Waals surface area contributed by atoms with Crippen LogP contribution in [0.5, 0.6) is 0 Å². The van der Waals surface area contributed by atoms with Crippen LogP contribution >= 0.6 is 0 Å². The number of nitrogens with zero attached hydrogens (tertiary/aromatic N) is 1. The third-order valence-corrected chi connectivity index (χ3v) is 3.27. The first kappa shape index (κ1) is 12.9. The van der Waals surface area contributed by atoms with Crippen LogP contribution in [0.1, 0.15) is 0 Å². The summed E-state index contributed by atoms with van der Waals surface area (Å²) in [6, 6.07) is 17.9. The molecule has 0 aliphatic rings. The maximum Gasteiger partial charge on any atom is 0.300 e. The molecule has 0 radical (unpaired) electrons. The second-order valence-electron chi connectivity index (χ2n) is 4.69. The molecule has 3 aromatic rings. The molecule has 0 saturated heterocycles. The molecule has 0 heterocycles. The highest BCUT2D eigenvalue weighted by atomic mass is 16.6. The number of nitrogens with one attached hydrogen (secondary N) is 1. The summed E-state index contributed by atoms with van der Waals surface area (Å²) in [5.74, 6) is 0. The Balaban J connectivity index is 2.11. The fraction of sp³-hybridized carbons (Fsp3) is 0. The number of hydrogen-bond acceptors (Lipinski definition) is 4. The van der Waals surface area contributed by atoms with Crippen molar-refractivity contribution < 1.29 is 4.92 Å². The Morgan fingerprint density at radius 1 is 0.952 bits per heavy atom. The van der Waals surface area contributed by atoms with Crippen molar-refractivity contribution in [3.63, 3.8) is 0 Å². The smallest absolute Gasteiger partial charge is 0.300 e. The largest absolute Gasteiger partial charge is 0.399 e. The number of nitro benzene ring substituents is 1. The fourth-order valence-corrected chi connectivity index (χ4v) is 2.27. The van der Waals surface area contributed by atoms with Gasteiger partial charge in [0.05, 0.1) is 10.3 Å². The zero-order valence-electron chi connectivity index (χ0n) is 11.1. The van der Waals surface area contributed by atoms with Gasteiger partial charge in [0.15, 0.2) is 0 Å². The molecule has 104 valence electrons. The Bertz CT molecular complexity index is 813. The van der Waals surface area contributed by atoms with E-state index >= 15 is 0 Å². The van der Waals surface area contributed by atoms with Crippen molar-refractivity contribution in [3.05, 3.63) is 70.8 Å². The zero-order chi connectivity index (χ0) is 14.8. The first-order chi connectivity index (χ1) is 10.1. The molecular weight excluding hydrogens is 266 g/mol. The van der Waals surface area contributed by atoms with Gasteiger partial charge in [-0.1, -0.05) is 24.3 Å². The lowest BCUT2D eigenvalue weighted by Gasteiger charge is -2.09. The van der Waals surface area contributed by atoms with Gasteiger partial charge in [0.1, 0.15) is 5.69 Å². The van der Waals surface area contributed by atoms with Gasteiger partial charge in [0, 0.05) is 11.4 Å². The van der Waals surface area contributed by atoms with Crippen molar-refractivity contribution in [3.8, 4) is 0 Å². The zero-order valence-corrected chi connectivity index (χ0v) is 11.1. The fourth-order valence-electron chi connectivity index (χ4n) is 2.27. The number of anilines is 3. The first-order valence-corrected chi connectivity index (χ1v) is 6.44. The predicted molar refractivity (Wildman–Crippen MR) is 84.7 cm³/mol. The van der Waals surface area contributed by atoms with E-state index in [0.29, 0.717) is 16.8 Å². The summed E-state index contributed by atoms with van der Waals surface area (Å²) in [5, 5.41) is 16.0. The third kappa shape index (κ3) is 2.49. The van der Waals surface area contributed by atoms with Crippen LogP contribution < -0.4 is 11.1 Å². The highest BCUT2D eigenvalue weighted by molar-refractivity contribution is 5.97. The van der Waals surface area contributed by atoms with Gasteiger partial charge in [0.25, 0.3) is 5.69 Å². The van der Waals surface area contributed by atoms with Gasteiger partial charge in [-0.3, -0.25) is 10.1 Å². The molecule has 0 fully saturated rings. The van der Waals surface area contributed by atoms with Crippen LogP contribution in [0.4, 0.5) is 22.7 Å². The van der Waals surface area contributed by atoms with E-state index in [4.69, 9.17) is 5.73 Å². The van der Waals surface area contributed by atoms with Crippen LogP contribution in [0, 0.1) is 10.1 Å². The number of nitrogen functional groups attached to an aromatic ring is 1. The Morgan fingerprint density at radius 2 is 1.67 bits per heavy atom. The lowest BCUT2D eigenvalue weighted by molar-refractivity contribution is -0.382. The quantitative estimate of drug-likeness (QED) is 0.430.